The monoisotopic (exact) mass is 378 g/mol. The Morgan fingerprint density at radius 2 is 1.92 bits per heavy atom. The zero-order valence-electron chi connectivity index (χ0n) is 15.0. The van der Waals surface area contributed by atoms with E-state index in [2.05, 4.69) is 4.98 Å². The van der Waals surface area contributed by atoms with Crippen LogP contribution in [0.2, 0.25) is 0 Å². The molecule has 1 aliphatic heterocycles. The predicted octanol–water partition coefficient (Wildman–Crippen LogP) is 2.25. The van der Waals surface area contributed by atoms with E-state index in [9.17, 15) is 8.42 Å². The number of hydrogen-bond donors (Lipinski definition) is 0. The molecule has 1 unspecified atom stereocenters. The summed E-state index contributed by atoms with van der Waals surface area (Å²) in [5, 5.41) is 0. The maximum atomic E-state index is 13.1. The summed E-state index contributed by atoms with van der Waals surface area (Å²) in [5.74, 6) is 1.53. The SMILES string of the molecule is COc1cc(C)c(S(=O)(=O)N2CCC(Oc3cccnc3)C2)cc1OC. The average Bonchev–Trinajstić information content (AvgIpc) is 3.11. The van der Waals surface area contributed by atoms with Gasteiger partial charge in [0.1, 0.15) is 11.9 Å². The van der Waals surface area contributed by atoms with E-state index in [-0.39, 0.29) is 11.0 Å². The molecule has 0 amide bonds. The number of aryl methyl sites for hydroxylation is 1. The molecule has 0 radical (unpaired) electrons. The second kappa shape index (κ2) is 7.51. The van der Waals surface area contributed by atoms with Gasteiger partial charge in [-0.15, -0.1) is 0 Å². The summed E-state index contributed by atoms with van der Waals surface area (Å²) in [6.45, 7) is 2.45. The van der Waals surface area contributed by atoms with Gasteiger partial charge in [0.25, 0.3) is 0 Å². The summed E-state index contributed by atoms with van der Waals surface area (Å²) in [7, 11) is -0.647. The minimum Gasteiger partial charge on any atom is -0.493 e. The smallest absolute Gasteiger partial charge is 0.243 e. The molecule has 140 valence electrons. The van der Waals surface area contributed by atoms with Gasteiger partial charge < -0.3 is 14.2 Å². The topological polar surface area (TPSA) is 78.0 Å². The molecular weight excluding hydrogens is 356 g/mol. The van der Waals surface area contributed by atoms with Crippen molar-refractivity contribution in [1.82, 2.24) is 9.29 Å². The highest BCUT2D eigenvalue weighted by Crippen LogP contribution is 2.34. The Morgan fingerprint density at radius 1 is 1.19 bits per heavy atom. The third-order valence-corrected chi connectivity index (χ3v) is 6.35. The van der Waals surface area contributed by atoms with E-state index in [1.165, 1.54) is 24.6 Å². The molecule has 0 aliphatic carbocycles. The van der Waals surface area contributed by atoms with Crippen molar-refractivity contribution >= 4 is 10.0 Å². The summed E-state index contributed by atoms with van der Waals surface area (Å²) in [6, 6.07) is 6.78. The van der Waals surface area contributed by atoms with E-state index >= 15 is 0 Å². The molecule has 1 aromatic heterocycles. The molecule has 26 heavy (non-hydrogen) atoms. The van der Waals surface area contributed by atoms with Crippen molar-refractivity contribution in [1.29, 1.82) is 0 Å². The number of pyridine rings is 1. The molecule has 1 atom stereocenters. The van der Waals surface area contributed by atoms with E-state index in [0.29, 0.717) is 42.3 Å². The van der Waals surface area contributed by atoms with Crippen LogP contribution < -0.4 is 14.2 Å². The quantitative estimate of drug-likeness (QED) is 0.767. The van der Waals surface area contributed by atoms with E-state index in [4.69, 9.17) is 14.2 Å². The van der Waals surface area contributed by atoms with Crippen molar-refractivity contribution in [2.45, 2.75) is 24.3 Å². The molecule has 0 bridgehead atoms. The largest absolute Gasteiger partial charge is 0.493 e. The van der Waals surface area contributed by atoms with Crippen LogP contribution in [0.4, 0.5) is 0 Å². The Kier molecular flexibility index (Phi) is 5.33. The summed E-state index contributed by atoms with van der Waals surface area (Å²) in [5.41, 5.74) is 0.610. The lowest BCUT2D eigenvalue weighted by atomic mass is 10.2. The van der Waals surface area contributed by atoms with Crippen LogP contribution in [0.15, 0.2) is 41.6 Å². The van der Waals surface area contributed by atoms with Crippen molar-refractivity contribution in [2.24, 2.45) is 0 Å². The van der Waals surface area contributed by atoms with Crippen molar-refractivity contribution in [3.05, 3.63) is 42.2 Å². The van der Waals surface area contributed by atoms with Gasteiger partial charge in [0.05, 0.1) is 31.9 Å². The van der Waals surface area contributed by atoms with Crippen LogP contribution in [0.3, 0.4) is 0 Å². The van der Waals surface area contributed by atoms with E-state index in [0.717, 1.165) is 0 Å². The summed E-state index contributed by atoms with van der Waals surface area (Å²) in [4.78, 5) is 4.23. The number of ether oxygens (including phenoxy) is 3. The van der Waals surface area contributed by atoms with Gasteiger partial charge in [-0.05, 0) is 37.1 Å². The van der Waals surface area contributed by atoms with Crippen molar-refractivity contribution < 1.29 is 22.6 Å². The number of aromatic nitrogens is 1. The first kappa shape index (κ1) is 18.5. The molecule has 1 aromatic carbocycles. The minimum absolute atomic E-state index is 0.200. The lowest BCUT2D eigenvalue weighted by Gasteiger charge is -2.19. The molecule has 3 rings (SSSR count). The number of hydrogen-bond acceptors (Lipinski definition) is 6. The van der Waals surface area contributed by atoms with Crippen molar-refractivity contribution in [3.8, 4) is 17.2 Å². The molecule has 1 aliphatic rings. The fourth-order valence-electron chi connectivity index (χ4n) is 3.00. The fraction of sp³-hybridized carbons (Fsp3) is 0.389. The lowest BCUT2D eigenvalue weighted by molar-refractivity contribution is 0.214. The molecule has 2 aromatic rings. The number of benzene rings is 1. The highest BCUT2D eigenvalue weighted by molar-refractivity contribution is 7.89. The highest BCUT2D eigenvalue weighted by Gasteiger charge is 2.35. The molecule has 0 saturated carbocycles. The molecule has 7 nitrogen and oxygen atoms in total. The van der Waals surface area contributed by atoms with Crippen molar-refractivity contribution in [2.75, 3.05) is 27.3 Å². The van der Waals surface area contributed by atoms with Gasteiger partial charge in [-0.1, -0.05) is 0 Å². The van der Waals surface area contributed by atoms with E-state index < -0.39 is 10.0 Å². The maximum absolute atomic E-state index is 13.1. The van der Waals surface area contributed by atoms with Crippen LogP contribution in [-0.2, 0) is 10.0 Å². The van der Waals surface area contributed by atoms with Crippen LogP contribution in [0.25, 0.3) is 0 Å². The molecule has 2 heterocycles. The molecule has 0 spiro atoms. The normalized spacial score (nSPS) is 17.9. The number of sulfonamides is 1. The zero-order chi connectivity index (χ0) is 18.7. The minimum atomic E-state index is -3.65. The third-order valence-electron chi connectivity index (χ3n) is 4.34. The summed E-state index contributed by atoms with van der Waals surface area (Å²) >= 11 is 0. The second-order valence-electron chi connectivity index (χ2n) is 6.05. The average molecular weight is 378 g/mol. The van der Waals surface area contributed by atoms with E-state index in [1.54, 1.807) is 31.5 Å². The van der Waals surface area contributed by atoms with Crippen LogP contribution in [0, 0.1) is 6.92 Å². The highest BCUT2D eigenvalue weighted by atomic mass is 32.2. The van der Waals surface area contributed by atoms with Crippen LogP contribution in [0.1, 0.15) is 12.0 Å². The number of rotatable bonds is 6. The van der Waals surface area contributed by atoms with Gasteiger partial charge >= 0.3 is 0 Å². The second-order valence-corrected chi connectivity index (χ2v) is 7.96. The Labute approximate surface area is 153 Å². The Hall–Kier alpha value is -2.32. The van der Waals surface area contributed by atoms with Crippen molar-refractivity contribution in [3.63, 3.8) is 0 Å². The third kappa shape index (κ3) is 3.61. The zero-order valence-corrected chi connectivity index (χ0v) is 15.8. The predicted molar refractivity (Wildman–Crippen MR) is 96.3 cm³/mol. The fourth-order valence-corrected chi connectivity index (χ4v) is 4.71. The molecule has 8 heteroatoms. The van der Waals surface area contributed by atoms with Gasteiger partial charge in [-0.25, -0.2) is 8.42 Å². The van der Waals surface area contributed by atoms with Crippen LogP contribution in [0.5, 0.6) is 17.2 Å². The van der Waals surface area contributed by atoms with Crippen LogP contribution in [-0.4, -0.2) is 51.1 Å². The first-order valence-corrected chi connectivity index (χ1v) is 9.69. The van der Waals surface area contributed by atoms with E-state index in [1.807, 2.05) is 6.07 Å². The maximum Gasteiger partial charge on any atom is 0.243 e. The summed E-state index contributed by atoms with van der Waals surface area (Å²) < 4.78 is 43.9. The van der Waals surface area contributed by atoms with Gasteiger partial charge in [0, 0.05) is 18.8 Å². The Bertz CT molecular complexity index is 871. The molecule has 1 saturated heterocycles. The number of nitrogens with zero attached hydrogens (tertiary/aromatic N) is 2. The van der Waals surface area contributed by atoms with Gasteiger partial charge in [0.15, 0.2) is 11.5 Å². The van der Waals surface area contributed by atoms with Gasteiger partial charge in [-0.3, -0.25) is 4.98 Å². The van der Waals surface area contributed by atoms with Crippen LogP contribution >= 0.6 is 0 Å². The Balaban J connectivity index is 1.81. The summed E-state index contributed by atoms with van der Waals surface area (Å²) in [6.07, 6.45) is 3.71. The first-order valence-electron chi connectivity index (χ1n) is 8.25. The molecule has 0 N–H and O–H groups in total. The van der Waals surface area contributed by atoms with Gasteiger partial charge in [-0.2, -0.15) is 4.31 Å². The first-order chi connectivity index (χ1) is 12.5. The number of methoxy groups -OCH3 is 2. The lowest BCUT2D eigenvalue weighted by Crippen LogP contribution is -2.31. The Morgan fingerprint density at radius 3 is 2.58 bits per heavy atom. The van der Waals surface area contributed by atoms with Gasteiger partial charge in [0.2, 0.25) is 10.0 Å². The standard InChI is InChI=1S/C18H22N2O5S/c1-13-9-16(23-2)17(24-3)10-18(13)26(21,22)20-8-6-15(12-20)25-14-5-4-7-19-11-14/h4-5,7,9-11,15H,6,8,12H2,1-3H3. The molecular formula is C18H22N2O5S. The molecule has 1 fully saturated rings.